The van der Waals surface area contributed by atoms with Gasteiger partial charge in [-0.15, -0.1) is 15.3 Å². The lowest BCUT2D eigenvalue weighted by Gasteiger charge is -2.03. The molecule has 1 N–H and O–H groups in total. The molecule has 0 fully saturated rings. The van der Waals surface area contributed by atoms with Crippen LogP contribution in [0.5, 0.6) is 0 Å². The van der Waals surface area contributed by atoms with Crippen LogP contribution in [0.4, 0.5) is 10.1 Å². The topological polar surface area (TPSA) is 89.2 Å². The SMILES string of the molecule is Cc1nnc2sc(SCC(=O)Nc3ccc(F)cc3)nn2c1=O. The summed E-state index contributed by atoms with van der Waals surface area (Å²) in [5, 5.41) is 14.4. The molecule has 0 aliphatic carbocycles. The number of benzene rings is 1. The van der Waals surface area contributed by atoms with Crippen LogP contribution in [0, 0.1) is 12.7 Å². The number of halogens is 1. The maximum Gasteiger partial charge on any atom is 0.296 e. The highest BCUT2D eigenvalue weighted by molar-refractivity contribution is 8.01. The maximum atomic E-state index is 12.8. The van der Waals surface area contributed by atoms with Crippen molar-refractivity contribution in [1.82, 2.24) is 19.8 Å². The van der Waals surface area contributed by atoms with E-state index < -0.39 is 0 Å². The van der Waals surface area contributed by atoms with Crippen LogP contribution in [0.25, 0.3) is 4.96 Å². The van der Waals surface area contributed by atoms with Crippen molar-refractivity contribution in [3.63, 3.8) is 0 Å². The lowest BCUT2D eigenvalue weighted by Crippen LogP contribution is -2.19. The molecule has 0 aliphatic rings. The number of hydrogen-bond acceptors (Lipinski definition) is 7. The van der Waals surface area contributed by atoms with E-state index in [1.165, 1.54) is 51.9 Å². The predicted octanol–water partition coefficient (Wildman–Crippen LogP) is 1.72. The highest BCUT2D eigenvalue weighted by atomic mass is 32.2. The lowest BCUT2D eigenvalue weighted by atomic mass is 10.3. The van der Waals surface area contributed by atoms with Gasteiger partial charge in [-0.1, -0.05) is 23.1 Å². The summed E-state index contributed by atoms with van der Waals surface area (Å²) >= 11 is 2.37. The van der Waals surface area contributed by atoms with E-state index in [-0.39, 0.29) is 28.7 Å². The van der Waals surface area contributed by atoms with Gasteiger partial charge >= 0.3 is 0 Å². The van der Waals surface area contributed by atoms with Crippen molar-refractivity contribution in [3.05, 3.63) is 46.1 Å². The third-order valence-electron chi connectivity index (χ3n) is 2.78. The first-order valence-corrected chi connectivity index (χ1v) is 8.24. The summed E-state index contributed by atoms with van der Waals surface area (Å²) in [5.74, 6) is -0.512. The van der Waals surface area contributed by atoms with Gasteiger partial charge in [0.1, 0.15) is 11.5 Å². The molecule has 0 saturated carbocycles. The second kappa shape index (κ2) is 6.42. The zero-order valence-corrected chi connectivity index (χ0v) is 13.4. The average Bonchev–Trinajstić information content (AvgIpc) is 2.95. The molecule has 3 aromatic rings. The van der Waals surface area contributed by atoms with Gasteiger partial charge in [-0.25, -0.2) is 4.39 Å². The Kier molecular flexibility index (Phi) is 4.35. The molecular formula is C13H10FN5O2S2. The van der Waals surface area contributed by atoms with Gasteiger partial charge in [-0.3, -0.25) is 9.59 Å². The second-order valence-corrected chi connectivity index (χ2v) is 6.68. The van der Waals surface area contributed by atoms with E-state index in [0.29, 0.717) is 15.0 Å². The third-order valence-corrected chi connectivity index (χ3v) is 4.82. The summed E-state index contributed by atoms with van der Waals surface area (Å²) in [6, 6.07) is 5.49. The first-order valence-electron chi connectivity index (χ1n) is 6.44. The molecule has 118 valence electrons. The molecule has 23 heavy (non-hydrogen) atoms. The molecule has 0 bridgehead atoms. The summed E-state index contributed by atoms with van der Waals surface area (Å²) in [7, 11) is 0. The van der Waals surface area contributed by atoms with Crippen LogP contribution in [0.3, 0.4) is 0 Å². The van der Waals surface area contributed by atoms with E-state index in [9.17, 15) is 14.0 Å². The molecule has 0 unspecified atom stereocenters. The minimum atomic E-state index is -0.367. The number of amides is 1. The Labute approximate surface area is 137 Å². The first kappa shape index (κ1) is 15.6. The average molecular weight is 351 g/mol. The molecule has 1 aromatic carbocycles. The molecule has 10 heteroatoms. The van der Waals surface area contributed by atoms with Crippen molar-refractivity contribution < 1.29 is 9.18 Å². The lowest BCUT2D eigenvalue weighted by molar-refractivity contribution is -0.113. The smallest absolute Gasteiger partial charge is 0.296 e. The molecule has 3 rings (SSSR count). The fraction of sp³-hybridized carbons (Fsp3) is 0.154. The number of rotatable bonds is 4. The van der Waals surface area contributed by atoms with E-state index in [1.807, 2.05) is 0 Å². The van der Waals surface area contributed by atoms with Crippen LogP contribution >= 0.6 is 23.1 Å². The van der Waals surface area contributed by atoms with Gasteiger partial charge in [-0.05, 0) is 31.2 Å². The van der Waals surface area contributed by atoms with Crippen LogP contribution in [0.1, 0.15) is 5.69 Å². The fourth-order valence-electron chi connectivity index (χ4n) is 1.69. The van der Waals surface area contributed by atoms with Crippen LogP contribution in [-0.2, 0) is 4.79 Å². The number of fused-ring (bicyclic) bond motifs is 1. The molecular weight excluding hydrogens is 341 g/mol. The molecule has 0 aliphatic heterocycles. The largest absolute Gasteiger partial charge is 0.325 e. The normalized spacial score (nSPS) is 10.9. The maximum absolute atomic E-state index is 12.8. The van der Waals surface area contributed by atoms with Gasteiger partial charge in [0.15, 0.2) is 4.34 Å². The number of thioether (sulfide) groups is 1. The minimum Gasteiger partial charge on any atom is -0.325 e. The number of aromatic nitrogens is 4. The highest BCUT2D eigenvalue weighted by Crippen LogP contribution is 2.23. The molecule has 1 amide bonds. The van der Waals surface area contributed by atoms with Crippen molar-refractivity contribution in [2.75, 3.05) is 11.1 Å². The summed E-state index contributed by atoms with van der Waals surface area (Å²) in [4.78, 5) is 24.1. The van der Waals surface area contributed by atoms with Crippen LogP contribution < -0.4 is 10.9 Å². The van der Waals surface area contributed by atoms with Gasteiger partial charge in [0.05, 0.1) is 5.75 Å². The molecule has 0 radical (unpaired) electrons. The van der Waals surface area contributed by atoms with Crippen LogP contribution in [-0.4, -0.2) is 31.5 Å². The van der Waals surface area contributed by atoms with Crippen molar-refractivity contribution >= 4 is 39.7 Å². The molecule has 2 aromatic heterocycles. The Morgan fingerprint density at radius 1 is 1.35 bits per heavy atom. The number of nitrogens with zero attached hydrogens (tertiary/aromatic N) is 4. The number of carbonyl (C=O) groups excluding carboxylic acids is 1. The Morgan fingerprint density at radius 3 is 2.83 bits per heavy atom. The third kappa shape index (κ3) is 3.54. The van der Waals surface area contributed by atoms with Crippen LogP contribution in [0.15, 0.2) is 33.4 Å². The van der Waals surface area contributed by atoms with Gasteiger partial charge in [0.25, 0.3) is 5.56 Å². The van der Waals surface area contributed by atoms with Gasteiger partial charge in [0, 0.05) is 5.69 Å². The zero-order chi connectivity index (χ0) is 16.4. The van der Waals surface area contributed by atoms with E-state index in [1.54, 1.807) is 6.92 Å². The second-order valence-electron chi connectivity index (χ2n) is 4.50. The van der Waals surface area contributed by atoms with Crippen molar-refractivity contribution in [3.8, 4) is 0 Å². The van der Waals surface area contributed by atoms with Gasteiger partial charge in [0.2, 0.25) is 10.9 Å². The van der Waals surface area contributed by atoms with Crippen molar-refractivity contribution in [1.29, 1.82) is 0 Å². The Bertz CT molecular complexity index is 922. The molecule has 0 atom stereocenters. The quantitative estimate of drug-likeness (QED) is 0.720. The summed E-state index contributed by atoms with van der Waals surface area (Å²) in [6.07, 6.45) is 0. The van der Waals surface area contributed by atoms with E-state index in [4.69, 9.17) is 0 Å². The Morgan fingerprint density at radius 2 is 2.09 bits per heavy atom. The first-order chi connectivity index (χ1) is 11.0. The predicted molar refractivity (Wildman–Crippen MR) is 85.4 cm³/mol. The monoisotopic (exact) mass is 351 g/mol. The highest BCUT2D eigenvalue weighted by Gasteiger charge is 2.11. The summed E-state index contributed by atoms with van der Waals surface area (Å²) in [6.45, 7) is 1.56. The number of hydrogen-bond donors (Lipinski definition) is 1. The summed E-state index contributed by atoms with van der Waals surface area (Å²) < 4.78 is 14.5. The van der Waals surface area contributed by atoms with Crippen molar-refractivity contribution in [2.24, 2.45) is 0 Å². The van der Waals surface area contributed by atoms with Crippen LogP contribution in [0.2, 0.25) is 0 Å². The number of aryl methyl sites for hydroxylation is 1. The Hall–Kier alpha value is -2.33. The van der Waals surface area contributed by atoms with Gasteiger partial charge in [-0.2, -0.15) is 4.52 Å². The molecule has 2 heterocycles. The number of anilines is 1. The number of carbonyl (C=O) groups is 1. The Balaban J connectivity index is 1.66. The molecule has 0 saturated heterocycles. The number of nitrogens with one attached hydrogen (secondary N) is 1. The molecule has 0 spiro atoms. The van der Waals surface area contributed by atoms with E-state index in [0.717, 1.165) is 0 Å². The zero-order valence-electron chi connectivity index (χ0n) is 11.8. The minimum absolute atomic E-state index is 0.109. The molecule has 7 nitrogen and oxygen atoms in total. The fourth-order valence-corrected chi connectivity index (χ4v) is 3.36. The summed E-state index contributed by atoms with van der Waals surface area (Å²) in [5.41, 5.74) is 0.450. The van der Waals surface area contributed by atoms with E-state index >= 15 is 0 Å². The standard InChI is InChI=1S/C13H10FN5O2S2/c1-7-11(21)19-12(17-16-7)23-13(18-19)22-6-10(20)15-9-4-2-8(14)3-5-9/h2-5H,6H2,1H3,(H,15,20). The van der Waals surface area contributed by atoms with Gasteiger partial charge < -0.3 is 5.32 Å². The van der Waals surface area contributed by atoms with Crippen molar-refractivity contribution in [2.45, 2.75) is 11.3 Å². The van der Waals surface area contributed by atoms with E-state index in [2.05, 4.69) is 20.6 Å².